The second-order valence-electron chi connectivity index (χ2n) is 6.07. The van der Waals surface area contributed by atoms with Gasteiger partial charge in [0.1, 0.15) is 5.75 Å². The van der Waals surface area contributed by atoms with E-state index >= 15 is 0 Å². The number of nitro groups is 1. The van der Waals surface area contributed by atoms with E-state index in [-0.39, 0.29) is 11.6 Å². The number of aliphatic imine (C=N–C) groups is 1. The van der Waals surface area contributed by atoms with Crippen LogP contribution in [-0.4, -0.2) is 33.7 Å². The average Bonchev–Trinajstić information content (AvgIpc) is 3.02. The fraction of sp³-hybridized carbons (Fsp3) is 0.105. The normalized spacial score (nSPS) is 16.0. The standard InChI is InChI=1S/C19H14BrN3O6S/c1-10-6-13(23(27)28)4-5-14(10)21-19-22-18(26)16(30-19)7-11-2-3-12(20)8-15(11)29-9-17(24)25/h2-8H,9H2,1H3,(H,24,25)(H,21,22,26)/b16-7+. The number of amidine groups is 1. The molecule has 154 valence electrons. The maximum atomic E-state index is 12.3. The highest BCUT2D eigenvalue weighted by Gasteiger charge is 2.25. The Bertz CT molecular complexity index is 1120. The molecule has 1 fully saturated rings. The molecule has 11 heteroatoms. The van der Waals surface area contributed by atoms with Gasteiger partial charge in [-0.1, -0.05) is 22.0 Å². The lowest BCUT2D eigenvalue weighted by molar-refractivity contribution is -0.384. The number of nitrogens with one attached hydrogen (secondary N) is 1. The molecule has 0 atom stereocenters. The summed E-state index contributed by atoms with van der Waals surface area (Å²) in [5.41, 5.74) is 1.59. The molecule has 1 saturated heterocycles. The zero-order valence-corrected chi connectivity index (χ0v) is 17.8. The van der Waals surface area contributed by atoms with Gasteiger partial charge in [-0.05, 0) is 48.5 Å². The summed E-state index contributed by atoms with van der Waals surface area (Å²) in [6.07, 6.45) is 1.58. The molecule has 1 amide bonds. The predicted molar refractivity (Wildman–Crippen MR) is 116 cm³/mol. The number of carbonyl (C=O) groups excluding carboxylic acids is 1. The fourth-order valence-corrected chi connectivity index (χ4v) is 3.67. The molecule has 0 spiro atoms. The highest BCUT2D eigenvalue weighted by atomic mass is 79.9. The number of rotatable bonds is 6. The van der Waals surface area contributed by atoms with E-state index in [9.17, 15) is 19.7 Å². The van der Waals surface area contributed by atoms with Crippen molar-refractivity contribution in [2.45, 2.75) is 6.92 Å². The zero-order valence-electron chi connectivity index (χ0n) is 15.4. The van der Waals surface area contributed by atoms with Crippen LogP contribution in [0.15, 0.2) is 50.8 Å². The molecule has 0 aromatic heterocycles. The van der Waals surface area contributed by atoms with Gasteiger partial charge in [0, 0.05) is 22.2 Å². The molecule has 1 aliphatic rings. The van der Waals surface area contributed by atoms with Gasteiger partial charge >= 0.3 is 5.97 Å². The zero-order chi connectivity index (χ0) is 21.8. The number of halogens is 1. The predicted octanol–water partition coefficient (Wildman–Crippen LogP) is 4.02. The average molecular weight is 492 g/mol. The smallest absolute Gasteiger partial charge is 0.341 e. The molecule has 2 N–H and O–H groups in total. The molecule has 1 aliphatic heterocycles. The third-order valence-electron chi connectivity index (χ3n) is 3.88. The number of thioether (sulfide) groups is 1. The molecule has 30 heavy (non-hydrogen) atoms. The lowest BCUT2D eigenvalue weighted by Gasteiger charge is -2.08. The first-order chi connectivity index (χ1) is 14.2. The van der Waals surface area contributed by atoms with Crippen molar-refractivity contribution < 1.29 is 24.4 Å². The first-order valence-electron chi connectivity index (χ1n) is 8.41. The van der Waals surface area contributed by atoms with Crippen LogP contribution in [0.3, 0.4) is 0 Å². The van der Waals surface area contributed by atoms with E-state index in [1.54, 1.807) is 31.2 Å². The Labute approximate surface area is 183 Å². The number of hydrogen-bond donors (Lipinski definition) is 2. The quantitative estimate of drug-likeness (QED) is 0.354. The van der Waals surface area contributed by atoms with Crippen molar-refractivity contribution in [1.82, 2.24) is 5.32 Å². The van der Waals surface area contributed by atoms with Crippen LogP contribution in [0.2, 0.25) is 0 Å². The molecule has 1 heterocycles. The van der Waals surface area contributed by atoms with Gasteiger partial charge < -0.3 is 15.2 Å². The Morgan fingerprint density at radius 3 is 2.80 bits per heavy atom. The number of amides is 1. The van der Waals surface area contributed by atoms with Gasteiger partial charge in [0.05, 0.1) is 15.5 Å². The molecular formula is C19H14BrN3O6S. The third-order valence-corrected chi connectivity index (χ3v) is 5.28. The summed E-state index contributed by atoms with van der Waals surface area (Å²) >= 11 is 4.40. The number of aliphatic carboxylic acids is 1. The Morgan fingerprint density at radius 1 is 1.37 bits per heavy atom. The summed E-state index contributed by atoms with van der Waals surface area (Å²) in [6.45, 7) is 1.18. The Kier molecular flexibility index (Phi) is 6.53. The summed E-state index contributed by atoms with van der Waals surface area (Å²) in [4.78, 5) is 38.2. The Hall–Kier alpha value is -3.18. The molecule has 3 rings (SSSR count). The number of benzene rings is 2. The van der Waals surface area contributed by atoms with Crippen LogP contribution in [0.5, 0.6) is 5.75 Å². The fourth-order valence-electron chi connectivity index (χ4n) is 2.50. The molecule has 0 aliphatic carbocycles. The van der Waals surface area contributed by atoms with Crippen molar-refractivity contribution in [1.29, 1.82) is 0 Å². The van der Waals surface area contributed by atoms with Gasteiger partial charge in [0.2, 0.25) is 0 Å². The minimum absolute atomic E-state index is 0.0377. The second-order valence-corrected chi connectivity index (χ2v) is 8.02. The van der Waals surface area contributed by atoms with Gasteiger partial charge in [-0.3, -0.25) is 14.9 Å². The SMILES string of the molecule is Cc1cc([N+](=O)[O-])ccc1N=C1NC(=O)/C(=C\c2ccc(Br)cc2OCC(=O)O)S1. The maximum Gasteiger partial charge on any atom is 0.341 e. The van der Waals surface area contributed by atoms with Gasteiger partial charge in [0.25, 0.3) is 11.6 Å². The van der Waals surface area contributed by atoms with E-state index in [0.29, 0.717) is 37.1 Å². The van der Waals surface area contributed by atoms with E-state index in [0.717, 1.165) is 11.8 Å². The van der Waals surface area contributed by atoms with E-state index in [1.165, 1.54) is 18.2 Å². The number of nitrogens with zero attached hydrogens (tertiary/aromatic N) is 2. The number of non-ortho nitro benzene ring substituents is 1. The van der Waals surface area contributed by atoms with E-state index in [1.807, 2.05) is 0 Å². The summed E-state index contributed by atoms with van der Waals surface area (Å²) in [6, 6.07) is 9.32. The van der Waals surface area contributed by atoms with Crippen LogP contribution >= 0.6 is 27.7 Å². The first-order valence-corrected chi connectivity index (χ1v) is 10.0. The summed E-state index contributed by atoms with van der Waals surface area (Å²) < 4.78 is 5.99. The monoisotopic (exact) mass is 491 g/mol. The van der Waals surface area contributed by atoms with Crippen LogP contribution in [-0.2, 0) is 9.59 Å². The molecule has 0 unspecified atom stereocenters. The van der Waals surface area contributed by atoms with Crippen molar-refractivity contribution in [2.24, 2.45) is 4.99 Å². The number of aryl methyl sites for hydroxylation is 1. The van der Waals surface area contributed by atoms with E-state index < -0.39 is 17.5 Å². The van der Waals surface area contributed by atoms with E-state index in [4.69, 9.17) is 9.84 Å². The van der Waals surface area contributed by atoms with Gasteiger partial charge in [-0.2, -0.15) is 0 Å². The van der Waals surface area contributed by atoms with E-state index in [2.05, 4.69) is 26.2 Å². The second kappa shape index (κ2) is 9.09. The molecule has 0 radical (unpaired) electrons. The molecule has 0 bridgehead atoms. The van der Waals surface area contributed by atoms with Crippen molar-refractivity contribution in [3.8, 4) is 5.75 Å². The third kappa shape index (κ3) is 5.24. The molecule has 2 aromatic rings. The van der Waals surface area contributed by atoms with Crippen LogP contribution in [0, 0.1) is 17.0 Å². The largest absolute Gasteiger partial charge is 0.481 e. The number of nitro benzene ring substituents is 1. The molecule has 2 aromatic carbocycles. The number of carboxylic acid groups (broad SMARTS) is 1. The van der Waals surface area contributed by atoms with Crippen LogP contribution in [0.4, 0.5) is 11.4 Å². The summed E-state index contributed by atoms with van der Waals surface area (Å²) in [5, 5.41) is 22.7. The minimum atomic E-state index is -1.12. The van der Waals surface area contributed by atoms with Crippen LogP contribution in [0.1, 0.15) is 11.1 Å². The summed E-state index contributed by atoms with van der Waals surface area (Å²) in [5.74, 6) is -1.18. The highest BCUT2D eigenvalue weighted by Crippen LogP contribution is 2.33. The van der Waals surface area contributed by atoms with Crippen molar-refractivity contribution >= 4 is 62.2 Å². The molecule has 9 nitrogen and oxygen atoms in total. The number of ether oxygens (including phenoxy) is 1. The molecule has 0 saturated carbocycles. The molecular weight excluding hydrogens is 478 g/mol. The van der Waals surface area contributed by atoms with Crippen LogP contribution < -0.4 is 10.1 Å². The first kappa shape index (κ1) is 21.5. The summed E-state index contributed by atoms with van der Waals surface area (Å²) in [7, 11) is 0. The number of carbonyl (C=O) groups is 2. The lowest BCUT2D eigenvalue weighted by atomic mass is 10.2. The Balaban J connectivity index is 1.86. The number of carboxylic acids is 1. The van der Waals surface area contributed by atoms with Gasteiger partial charge in [0.15, 0.2) is 11.8 Å². The van der Waals surface area contributed by atoms with Crippen LogP contribution in [0.25, 0.3) is 6.08 Å². The highest BCUT2D eigenvalue weighted by molar-refractivity contribution is 9.10. The van der Waals surface area contributed by atoms with Crippen molar-refractivity contribution in [2.75, 3.05) is 6.61 Å². The van der Waals surface area contributed by atoms with Gasteiger partial charge in [-0.25, -0.2) is 9.79 Å². The van der Waals surface area contributed by atoms with Gasteiger partial charge in [-0.15, -0.1) is 0 Å². The number of hydrogen-bond acceptors (Lipinski definition) is 7. The van der Waals surface area contributed by atoms with Crippen molar-refractivity contribution in [3.63, 3.8) is 0 Å². The van der Waals surface area contributed by atoms with Crippen molar-refractivity contribution in [3.05, 3.63) is 67.0 Å². The maximum absolute atomic E-state index is 12.3. The topological polar surface area (TPSA) is 131 Å². The Morgan fingerprint density at radius 2 is 2.13 bits per heavy atom. The lowest BCUT2D eigenvalue weighted by Crippen LogP contribution is -2.19. The minimum Gasteiger partial charge on any atom is -0.481 e.